The van der Waals surface area contributed by atoms with Crippen LogP contribution in [0.3, 0.4) is 0 Å². The topological polar surface area (TPSA) is 84.9 Å². The third kappa shape index (κ3) is 5.70. The maximum absolute atomic E-state index is 13.1. The van der Waals surface area contributed by atoms with Crippen molar-refractivity contribution in [3.63, 3.8) is 0 Å². The molecule has 2 aromatic rings. The molecule has 0 aliphatic carbocycles. The monoisotopic (exact) mass is 448 g/mol. The van der Waals surface area contributed by atoms with E-state index in [0.717, 1.165) is 27.3 Å². The molecule has 0 heterocycles. The van der Waals surface area contributed by atoms with Gasteiger partial charge in [-0.05, 0) is 50.5 Å². The molecule has 0 radical (unpaired) electrons. The fourth-order valence-corrected chi connectivity index (χ4v) is 4.85. The number of nitrogens with one attached hydrogen (secondary N) is 1. The minimum Gasteiger partial charge on any atom is -0.493 e. The Kier molecular flexibility index (Phi) is 7.95. The van der Waals surface area contributed by atoms with Crippen LogP contribution in [0.25, 0.3) is 0 Å². The first-order valence-corrected chi connectivity index (χ1v) is 12.0. The predicted molar refractivity (Wildman–Crippen MR) is 123 cm³/mol. The molecule has 31 heavy (non-hydrogen) atoms. The zero-order chi connectivity index (χ0) is 23.3. The van der Waals surface area contributed by atoms with Crippen molar-refractivity contribution in [3.05, 3.63) is 53.1 Å². The summed E-state index contributed by atoms with van der Waals surface area (Å²) in [6.45, 7) is 7.58. The van der Waals surface area contributed by atoms with Crippen molar-refractivity contribution in [3.8, 4) is 11.5 Å². The fourth-order valence-electron chi connectivity index (χ4n) is 3.68. The molecule has 0 aliphatic rings. The van der Waals surface area contributed by atoms with E-state index in [1.165, 1.54) is 14.2 Å². The largest absolute Gasteiger partial charge is 0.493 e. The second kappa shape index (κ2) is 10.0. The van der Waals surface area contributed by atoms with Gasteiger partial charge in [-0.2, -0.15) is 0 Å². The maximum atomic E-state index is 13.1. The smallest absolute Gasteiger partial charge is 0.244 e. The molecule has 1 N–H and O–H groups in total. The number of carbonyl (C=O) groups excluding carboxylic acids is 1. The molecule has 0 bridgehead atoms. The fraction of sp³-hybridized carbons (Fsp3) is 0.435. The van der Waals surface area contributed by atoms with Crippen molar-refractivity contribution in [1.82, 2.24) is 5.32 Å². The van der Waals surface area contributed by atoms with Gasteiger partial charge in [0.15, 0.2) is 11.5 Å². The van der Waals surface area contributed by atoms with Gasteiger partial charge in [0, 0.05) is 6.07 Å². The lowest BCUT2D eigenvalue weighted by atomic mass is 9.97. The number of hydrogen-bond donors (Lipinski definition) is 1. The van der Waals surface area contributed by atoms with E-state index in [2.05, 4.69) is 11.4 Å². The van der Waals surface area contributed by atoms with E-state index in [1.54, 1.807) is 25.1 Å². The highest BCUT2D eigenvalue weighted by atomic mass is 32.2. The summed E-state index contributed by atoms with van der Waals surface area (Å²) in [7, 11) is -0.781. The molecule has 0 aliphatic heterocycles. The molecule has 2 rings (SSSR count). The molecule has 0 unspecified atom stereocenters. The van der Waals surface area contributed by atoms with Gasteiger partial charge in [0.25, 0.3) is 0 Å². The van der Waals surface area contributed by atoms with Crippen LogP contribution in [0.15, 0.2) is 36.4 Å². The number of nitrogens with zero attached hydrogens (tertiary/aromatic N) is 1. The number of anilines is 1. The van der Waals surface area contributed by atoms with Crippen LogP contribution in [0.4, 0.5) is 5.69 Å². The van der Waals surface area contributed by atoms with Gasteiger partial charge in [-0.15, -0.1) is 0 Å². The van der Waals surface area contributed by atoms with E-state index in [1.807, 2.05) is 32.9 Å². The summed E-state index contributed by atoms with van der Waals surface area (Å²) in [6, 6.07) is 9.65. The SMILES string of the molecule is CC[C@H](NC(=O)[C@H](C)N(c1ccc(OC)c(OC)c1)S(C)(=O)=O)c1ccc(C)cc1C. The molecule has 0 fully saturated rings. The number of amides is 1. The Labute approximate surface area is 185 Å². The number of rotatable bonds is 9. The lowest BCUT2D eigenvalue weighted by Gasteiger charge is -2.30. The lowest BCUT2D eigenvalue weighted by Crippen LogP contribution is -2.48. The van der Waals surface area contributed by atoms with Crippen LogP contribution < -0.4 is 19.1 Å². The summed E-state index contributed by atoms with van der Waals surface area (Å²) in [5, 5.41) is 3.02. The highest BCUT2D eigenvalue weighted by Gasteiger charge is 2.31. The summed E-state index contributed by atoms with van der Waals surface area (Å²) < 4.78 is 36.9. The first-order valence-electron chi connectivity index (χ1n) is 10.1. The number of carbonyl (C=O) groups is 1. The maximum Gasteiger partial charge on any atom is 0.244 e. The standard InChI is InChI=1S/C23H32N2O5S/c1-8-20(19-11-9-15(2)13-16(19)3)24-23(26)17(4)25(31(7,27)28)18-10-12-21(29-5)22(14-18)30-6/h9-14,17,20H,8H2,1-7H3,(H,24,26)/t17-,20-/m0/s1. The van der Waals surface area contributed by atoms with Gasteiger partial charge in [0.1, 0.15) is 6.04 Å². The molecule has 1 amide bonds. The third-order valence-corrected chi connectivity index (χ3v) is 6.48. The van der Waals surface area contributed by atoms with Crippen LogP contribution in [-0.4, -0.2) is 40.8 Å². The molecule has 0 aromatic heterocycles. The predicted octanol–water partition coefficient (Wildman–Crippen LogP) is 3.74. The first-order chi connectivity index (χ1) is 14.5. The van der Waals surface area contributed by atoms with E-state index in [9.17, 15) is 13.2 Å². The number of hydrogen-bond acceptors (Lipinski definition) is 5. The Hall–Kier alpha value is -2.74. The average Bonchev–Trinajstić information content (AvgIpc) is 2.71. The minimum atomic E-state index is -3.75. The van der Waals surface area contributed by atoms with Crippen molar-refractivity contribution in [1.29, 1.82) is 0 Å². The highest BCUT2D eigenvalue weighted by molar-refractivity contribution is 7.92. The number of methoxy groups -OCH3 is 2. The summed E-state index contributed by atoms with van der Waals surface area (Å²) in [6.07, 6.45) is 1.76. The quantitative estimate of drug-likeness (QED) is 0.632. The van der Waals surface area contributed by atoms with Gasteiger partial charge < -0.3 is 14.8 Å². The Morgan fingerprint density at radius 1 is 1.06 bits per heavy atom. The van der Waals surface area contributed by atoms with Crippen molar-refractivity contribution in [2.75, 3.05) is 24.8 Å². The molecule has 7 nitrogen and oxygen atoms in total. The molecule has 0 spiro atoms. The van der Waals surface area contributed by atoms with Crippen molar-refractivity contribution in [2.24, 2.45) is 0 Å². The van der Waals surface area contributed by atoms with Crippen LogP contribution in [0, 0.1) is 13.8 Å². The highest BCUT2D eigenvalue weighted by Crippen LogP contribution is 2.33. The van der Waals surface area contributed by atoms with E-state index >= 15 is 0 Å². The lowest BCUT2D eigenvalue weighted by molar-refractivity contribution is -0.122. The second-order valence-corrected chi connectivity index (χ2v) is 9.46. The number of aryl methyl sites for hydroxylation is 2. The van der Waals surface area contributed by atoms with Crippen molar-refractivity contribution in [2.45, 2.75) is 46.2 Å². The molecule has 2 aromatic carbocycles. The third-order valence-electron chi connectivity index (χ3n) is 5.24. The number of sulfonamides is 1. The molecule has 170 valence electrons. The molecule has 0 saturated carbocycles. The van der Waals surface area contributed by atoms with Crippen molar-refractivity contribution < 1.29 is 22.7 Å². The Balaban J connectivity index is 2.37. The normalized spacial score (nSPS) is 13.3. The van der Waals surface area contributed by atoms with E-state index in [0.29, 0.717) is 23.6 Å². The van der Waals surface area contributed by atoms with Crippen LogP contribution in [0.1, 0.15) is 43.0 Å². The zero-order valence-electron chi connectivity index (χ0n) is 19.2. The average molecular weight is 449 g/mol. The molecule has 8 heteroatoms. The molecule has 0 saturated heterocycles. The Morgan fingerprint density at radius 2 is 1.71 bits per heavy atom. The Bertz CT molecular complexity index is 1040. The molecular weight excluding hydrogens is 416 g/mol. The van der Waals surface area contributed by atoms with Gasteiger partial charge in [-0.1, -0.05) is 30.7 Å². The molecular formula is C23H32N2O5S. The second-order valence-electron chi connectivity index (χ2n) is 7.60. The summed E-state index contributed by atoms with van der Waals surface area (Å²) >= 11 is 0. The van der Waals surface area contributed by atoms with E-state index in [4.69, 9.17) is 9.47 Å². The zero-order valence-corrected chi connectivity index (χ0v) is 20.0. The first kappa shape index (κ1) is 24.5. The number of benzene rings is 2. The van der Waals surface area contributed by atoms with Crippen LogP contribution >= 0.6 is 0 Å². The summed E-state index contributed by atoms with van der Waals surface area (Å²) in [4.78, 5) is 13.1. The van der Waals surface area contributed by atoms with Gasteiger partial charge in [-0.3, -0.25) is 9.10 Å². The van der Waals surface area contributed by atoms with Gasteiger partial charge in [-0.25, -0.2) is 8.42 Å². The van der Waals surface area contributed by atoms with E-state index < -0.39 is 16.1 Å². The minimum absolute atomic E-state index is 0.220. The van der Waals surface area contributed by atoms with E-state index in [-0.39, 0.29) is 11.9 Å². The van der Waals surface area contributed by atoms with Crippen LogP contribution in [0.2, 0.25) is 0 Å². The number of ether oxygens (including phenoxy) is 2. The van der Waals surface area contributed by atoms with Gasteiger partial charge in [0.05, 0.1) is 32.2 Å². The van der Waals surface area contributed by atoms with Gasteiger partial charge in [0.2, 0.25) is 15.9 Å². The summed E-state index contributed by atoms with van der Waals surface area (Å²) in [5.41, 5.74) is 3.57. The Morgan fingerprint density at radius 3 is 2.23 bits per heavy atom. The van der Waals surface area contributed by atoms with Crippen LogP contribution in [0.5, 0.6) is 11.5 Å². The van der Waals surface area contributed by atoms with Crippen LogP contribution in [-0.2, 0) is 14.8 Å². The van der Waals surface area contributed by atoms with Crippen molar-refractivity contribution >= 4 is 21.6 Å². The molecule has 2 atom stereocenters. The van der Waals surface area contributed by atoms with Gasteiger partial charge >= 0.3 is 0 Å². The summed E-state index contributed by atoms with van der Waals surface area (Å²) in [5.74, 6) is 0.465.